The Bertz CT molecular complexity index is 811. The van der Waals surface area contributed by atoms with Gasteiger partial charge in [-0.2, -0.15) is 4.98 Å². The predicted octanol–water partition coefficient (Wildman–Crippen LogP) is 4.96. The normalized spacial score (nSPS) is 9.65. The highest BCUT2D eigenvalue weighted by atomic mass is 32.1. The van der Waals surface area contributed by atoms with Crippen molar-refractivity contribution in [2.45, 2.75) is 34.6 Å². The van der Waals surface area contributed by atoms with Gasteiger partial charge < -0.3 is 4.98 Å². The number of H-pyrrole nitrogens is 2. The lowest BCUT2D eigenvalue weighted by Crippen LogP contribution is -1.91. The van der Waals surface area contributed by atoms with Crippen molar-refractivity contribution in [3.63, 3.8) is 0 Å². The van der Waals surface area contributed by atoms with Gasteiger partial charge in [0.25, 0.3) is 0 Å². The molecular formula is C14H20N4S2. The van der Waals surface area contributed by atoms with E-state index in [9.17, 15) is 0 Å². The second kappa shape index (κ2) is 7.31. The minimum Gasteiger partial charge on any atom is -0.346 e. The number of aryl methyl sites for hydroxylation is 1. The quantitative estimate of drug-likeness (QED) is 0.577. The zero-order valence-electron chi connectivity index (χ0n) is 12.4. The van der Waals surface area contributed by atoms with Gasteiger partial charge in [0.15, 0.2) is 5.65 Å². The number of fused-ring (bicyclic) bond motifs is 3. The topological polar surface area (TPSA) is 48.9 Å². The molecule has 0 aromatic carbocycles. The summed E-state index contributed by atoms with van der Waals surface area (Å²) in [4.78, 5) is 7.45. The summed E-state index contributed by atoms with van der Waals surface area (Å²) in [6.45, 7) is 9.98. The Labute approximate surface area is 128 Å². The summed E-state index contributed by atoms with van der Waals surface area (Å²) >= 11 is 10.2. The van der Waals surface area contributed by atoms with Crippen molar-refractivity contribution in [2.75, 3.05) is 0 Å². The Morgan fingerprint density at radius 1 is 1.15 bits per heavy atom. The summed E-state index contributed by atoms with van der Waals surface area (Å²) < 4.78 is 3.04. The van der Waals surface area contributed by atoms with Crippen molar-refractivity contribution < 1.29 is 0 Å². The molecule has 6 heteroatoms. The molecule has 20 heavy (non-hydrogen) atoms. The predicted molar refractivity (Wildman–Crippen MR) is 90.5 cm³/mol. The molecule has 0 bridgehead atoms. The summed E-state index contributed by atoms with van der Waals surface area (Å²) in [6, 6.07) is 3.98. The zero-order chi connectivity index (χ0) is 15.3. The molecular weight excluding hydrogens is 288 g/mol. The summed E-state index contributed by atoms with van der Waals surface area (Å²) in [5.74, 6) is 0. The summed E-state index contributed by atoms with van der Waals surface area (Å²) in [6.07, 6.45) is 1.88. The van der Waals surface area contributed by atoms with Crippen LogP contribution in [0.3, 0.4) is 0 Å². The van der Waals surface area contributed by atoms with Gasteiger partial charge in [-0.05, 0) is 36.8 Å². The van der Waals surface area contributed by atoms with E-state index in [1.165, 1.54) is 0 Å². The first-order chi connectivity index (χ1) is 9.65. The van der Waals surface area contributed by atoms with Crippen LogP contribution < -0.4 is 0 Å². The van der Waals surface area contributed by atoms with Crippen LogP contribution in [-0.4, -0.2) is 19.6 Å². The van der Waals surface area contributed by atoms with Gasteiger partial charge >= 0.3 is 0 Å². The maximum absolute atomic E-state index is 5.20. The zero-order valence-corrected chi connectivity index (χ0v) is 14.1. The molecule has 2 N–H and O–H groups in total. The van der Waals surface area contributed by atoms with Crippen LogP contribution in [0.15, 0.2) is 18.3 Å². The second-order valence-electron chi connectivity index (χ2n) is 3.65. The van der Waals surface area contributed by atoms with E-state index >= 15 is 0 Å². The summed E-state index contributed by atoms with van der Waals surface area (Å²) in [5.41, 5.74) is 2.82. The minimum atomic E-state index is 0.479. The van der Waals surface area contributed by atoms with Crippen molar-refractivity contribution in [3.05, 3.63) is 33.3 Å². The third-order valence-electron chi connectivity index (χ3n) is 2.54. The van der Waals surface area contributed by atoms with Crippen LogP contribution in [0.1, 0.15) is 33.3 Å². The molecule has 0 saturated heterocycles. The maximum Gasteiger partial charge on any atom is 0.214 e. The van der Waals surface area contributed by atoms with E-state index in [2.05, 4.69) is 15.1 Å². The van der Waals surface area contributed by atoms with Crippen LogP contribution in [0.4, 0.5) is 0 Å². The monoisotopic (exact) mass is 308 g/mol. The highest BCUT2D eigenvalue weighted by molar-refractivity contribution is 7.71. The molecule has 0 aliphatic carbocycles. The SMILES string of the molecule is CC.CC.Cc1cc2c(ccn3[nH]c(=S)nc23)[nH]c1=S. The van der Waals surface area contributed by atoms with Crippen LogP contribution in [0.2, 0.25) is 0 Å². The van der Waals surface area contributed by atoms with Gasteiger partial charge in [0.2, 0.25) is 4.77 Å². The van der Waals surface area contributed by atoms with Crippen LogP contribution in [0.25, 0.3) is 16.6 Å². The number of hydrogen-bond donors (Lipinski definition) is 2. The molecule has 0 radical (unpaired) electrons. The van der Waals surface area contributed by atoms with Crippen molar-refractivity contribution in [2.24, 2.45) is 0 Å². The van der Waals surface area contributed by atoms with Gasteiger partial charge in [-0.25, -0.2) is 4.52 Å². The van der Waals surface area contributed by atoms with E-state index in [0.29, 0.717) is 4.77 Å². The van der Waals surface area contributed by atoms with E-state index < -0.39 is 0 Å². The molecule has 0 saturated carbocycles. The Morgan fingerprint density at radius 2 is 1.80 bits per heavy atom. The van der Waals surface area contributed by atoms with E-state index in [1.807, 2.05) is 52.9 Å². The van der Waals surface area contributed by atoms with E-state index in [4.69, 9.17) is 24.4 Å². The first-order valence-corrected chi connectivity index (χ1v) is 7.58. The van der Waals surface area contributed by atoms with Crippen molar-refractivity contribution in [3.8, 4) is 0 Å². The fraction of sp³-hybridized carbons (Fsp3) is 0.357. The van der Waals surface area contributed by atoms with Crippen LogP contribution in [0, 0.1) is 16.3 Å². The molecule has 0 aliphatic heterocycles. The molecule has 108 valence electrons. The lowest BCUT2D eigenvalue weighted by Gasteiger charge is -2.02. The Hall–Kier alpha value is -1.53. The number of hydrogen-bond acceptors (Lipinski definition) is 3. The molecule has 0 aliphatic rings. The number of nitrogens with one attached hydrogen (secondary N) is 2. The number of aromatic nitrogens is 4. The van der Waals surface area contributed by atoms with E-state index in [-0.39, 0.29) is 0 Å². The van der Waals surface area contributed by atoms with Gasteiger partial charge in [-0.15, -0.1) is 0 Å². The van der Waals surface area contributed by atoms with Gasteiger partial charge in [0, 0.05) is 11.6 Å². The van der Waals surface area contributed by atoms with Gasteiger partial charge in [-0.1, -0.05) is 39.9 Å². The molecule has 0 fully saturated rings. The Kier molecular flexibility index (Phi) is 6.04. The average Bonchev–Trinajstić information content (AvgIpc) is 2.86. The molecule has 0 unspecified atom stereocenters. The molecule has 3 rings (SSSR count). The molecule has 4 nitrogen and oxygen atoms in total. The lowest BCUT2D eigenvalue weighted by atomic mass is 10.2. The minimum absolute atomic E-state index is 0.479. The number of nitrogens with zero attached hydrogens (tertiary/aromatic N) is 2. The fourth-order valence-electron chi connectivity index (χ4n) is 1.74. The Balaban J connectivity index is 0.000000461. The van der Waals surface area contributed by atoms with Gasteiger partial charge in [0.05, 0.1) is 5.52 Å². The van der Waals surface area contributed by atoms with E-state index in [1.54, 1.807) is 4.52 Å². The van der Waals surface area contributed by atoms with Crippen LogP contribution in [-0.2, 0) is 0 Å². The highest BCUT2D eigenvalue weighted by Gasteiger charge is 2.04. The molecule has 0 amide bonds. The summed E-state index contributed by atoms with van der Waals surface area (Å²) in [7, 11) is 0. The van der Waals surface area contributed by atoms with Crippen LogP contribution in [0.5, 0.6) is 0 Å². The standard InChI is InChI=1S/C10H8N4S2.2C2H6/c1-5-4-6-7(11-9(5)15)2-3-14-8(6)12-10(16)13-14;2*1-2/h2-4H,1H3,(H,11,15)(H,13,16);2*1-2H3. The highest BCUT2D eigenvalue weighted by Crippen LogP contribution is 2.18. The second-order valence-corrected chi connectivity index (χ2v) is 4.44. The molecule has 0 spiro atoms. The smallest absolute Gasteiger partial charge is 0.214 e. The largest absolute Gasteiger partial charge is 0.346 e. The van der Waals surface area contributed by atoms with Crippen molar-refractivity contribution in [1.29, 1.82) is 0 Å². The molecule has 3 aromatic rings. The third kappa shape index (κ3) is 3.13. The molecule has 3 aromatic heterocycles. The number of rotatable bonds is 0. The first kappa shape index (κ1) is 16.5. The van der Waals surface area contributed by atoms with Gasteiger partial charge in [-0.3, -0.25) is 5.10 Å². The maximum atomic E-state index is 5.20. The number of pyridine rings is 2. The average molecular weight is 308 g/mol. The van der Waals surface area contributed by atoms with Crippen molar-refractivity contribution in [1.82, 2.24) is 19.6 Å². The number of aromatic amines is 2. The van der Waals surface area contributed by atoms with Crippen molar-refractivity contribution >= 4 is 41.0 Å². The molecule has 3 heterocycles. The Morgan fingerprint density at radius 3 is 2.45 bits per heavy atom. The third-order valence-corrected chi connectivity index (χ3v) is 3.15. The van der Waals surface area contributed by atoms with E-state index in [0.717, 1.165) is 26.8 Å². The summed E-state index contributed by atoms with van der Waals surface area (Å²) in [5, 5.41) is 3.98. The fourth-order valence-corrected chi connectivity index (χ4v) is 2.10. The molecule has 0 atom stereocenters. The first-order valence-electron chi connectivity index (χ1n) is 6.76. The van der Waals surface area contributed by atoms with Gasteiger partial charge in [0.1, 0.15) is 4.64 Å². The lowest BCUT2D eigenvalue weighted by molar-refractivity contribution is 0.956. The van der Waals surface area contributed by atoms with Crippen LogP contribution >= 0.6 is 24.4 Å².